The van der Waals surface area contributed by atoms with Gasteiger partial charge in [-0.05, 0) is 56.7 Å². The first-order chi connectivity index (χ1) is 10.2. The lowest BCUT2D eigenvalue weighted by Gasteiger charge is -2.29. The van der Waals surface area contributed by atoms with Crippen LogP contribution >= 0.6 is 0 Å². The van der Waals surface area contributed by atoms with Crippen molar-refractivity contribution in [2.75, 3.05) is 5.32 Å². The Bertz CT molecular complexity index is 490. The summed E-state index contributed by atoms with van der Waals surface area (Å²) in [5.41, 5.74) is 1.83. The van der Waals surface area contributed by atoms with Crippen LogP contribution in [0.25, 0.3) is 0 Å². The number of rotatable bonds is 5. The summed E-state index contributed by atoms with van der Waals surface area (Å²) in [4.78, 5) is 12.1. The smallest absolute Gasteiger partial charge is 0.251 e. The number of hydrogen-bond acceptors (Lipinski definition) is 2. The molecule has 1 aromatic carbocycles. The number of hydrogen-bond donors (Lipinski definition) is 2. The van der Waals surface area contributed by atoms with E-state index in [0.29, 0.717) is 12.1 Å². The maximum atomic E-state index is 12.1. The van der Waals surface area contributed by atoms with Crippen LogP contribution in [0.3, 0.4) is 0 Å². The number of amides is 1. The monoisotopic (exact) mass is 286 g/mol. The summed E-state index contributed by atoms with van der Waals surface area (Å²) in [5.74, 6) is 0.828. The summed E-state index contributed by atoms with van der Waals surface area (Å²) in [5, 5.41) is 6.64. The van der Waals surface area contributed by atoms with Crippen LogP contribution in [0, 0.1) is 5.92 Å². The molecule has 0 spiro atoms. The predicted molar refractivity (Wildman–Crippen MR) is 86.6 cm³/mol. The molecule has 1 atom stereocenters. The van der Waals surface area contributed by atoms with Gasteiger partial charge in [-0.2, -0.15) is 0 Å². The minimum absolute atomic E-state index is 0.0615. The molecule has 114 valence electrons. The molecule has 0 aliphatic heterocycles. The molecule has 0 heterocycles. The molecule has 2 aliphatic rings. The van der Waals surface area contributed by atoms with Crippen LogP contribution in [0.5, 0.6) is 0 Å². The van der Waals surface area contributed by atoms with Gasteiger partial charge in [0.15, 0.2) is 0 Å². The van der Waals surface area contributed by atoms with E-state index in [2.05, 4.69) is 23.6 Å². The average molecular weight is 286 g/mol. The van der Waals surface area contributed by atoms with E-state index in [9.17, 15) is 4.79 Å². The lowest BCUT2D eigenvalue weighted by atomic mass is 9.84. The van der Waals surface area contributed by atoms with Crippen molar-refractivity contribution in [2.24, 2.45) is 5.92 Å². The standard InChI is InChI=1S/C18H26N2O/c1-13(14-6-3-2-4-7-14)19-17-9-5-8-15(12-17)18(21)20-16-10-11-16/h5,8-9,12-14,16,19H,2-4,6-7,10-11H2,1H3,(H,20,21). The molecule has 2 fully saturated rings. The quantitative estimate of drug-likeness (QED) is 0.860. The van der Waals surface area contributed by atoms with Gasteiger partial charge in [-0.25, -0.2) is 0 Å². The van der Waals surface area contributed by atoms with Crippen LogP contribution in [0.2, 0.25) is 0 Å². The normalized spacial score (nSPS) is 20.8. The Balaban J connectivity index is 1.60. The van der Waals surface area contributed by atoms with Crippen molar-refractivity contribution < 1.29 is 4.79 Å². The lowest BCUT2D eigenvalue weighted by molar-refractivity contribution is 0.0951. The summed E-state index contributed by atoms with van der Waals surface area (Å²) >= 11 is 0. The van der Waals surface area contributed by atoms with Gasteiger partial charge in [-0.1, -0.05) is 25.3 Å². The van der Waals surface area contributed by atoms with Gasteiger partial charge in [0.05, 0.1) is 0 Å². The van der Waals surface area contributed by atoms with Crippen LogP contribution in [-0.4, -0.2) is 18.0 Å². The Morgan fingerprint density at radius 1 is 1.14 bits per heavy atom. The van der Waals surface area contributed by atoms with Gasteiger partial charge in [0, 0.05) is 23.3 Å². The molecule has 3 nitrogen and oxygen atoms in total. The zero-order valence-electron chi connectivity index (χ0n) is 12.9. The van der Waals surface area contributed by atoms with Crippen LogP contribution in [-0.2, 0) is 0 Å². The van der Waals surface area contributed by atoms with Crippen molar-refractivity contribution in [2.45, 2.75) is 64.0 Å². The molecule has 0 bridgehead atoms. The highest BCUT2D eigenvalue weighted by Crippen LogP contribution is 2.28. The third-order valence-corrected chi connectivity index (χ3v) is 4.79. The fourth-order valence-corrected chi connectivity index (χ4v) is 3.26. The summed E-state index contributed by atoms with van der Waals surface area (Å²) < 4.78 is 0. The van der Waals surface area contributed by atoms with E-state index in [0.717, 1.165) is 30.0 Å². The number of benzene rings is 1. The molecule has 1 aromatic rings. The SMILES string of the molecule is CC(Nc1cccc(C(=O)NC2CC2)c1)C1CCCCC1. The van der Waals surface area contributed by atoms with Crippen molar-refractivity contribution in [3.63, 3.8) is 0 Å². The first-order valence-electron chi connectivity index (χ1n) is 8.40. The highest BCUT2D eigenvalue weighted by Gasteiger charge is 2.24. The van der Waals surface area contributed by atoms with E-state index in [-0.39, 0.29) is 5.91 Å². The van der Waals surface area contributed by atoms with Crippen LogP contribution in [0.1, 0.15) is 62.2 Å². The predicted octanol–water partition coefficient (Wildman–Crippen LogP) is 3.96. The zero-order valence-corrected chi connectivity index (χ0v) is 12.9. The van der Waals surface area contributed by atoms with Crippen LogP contribution in [0.4, 0.5) is 5.69 Å². The van der Waals surface area contributed by atoms with Crippen LogP contribution < -0.4 is 10.6 Å². The molecule has 2 aliphatic carbocycles. The number of nitrogens with one attached hydrogen (secondary N) is 2. The van der Waals surface area contributed by atoms with Crippen molar-refractivity contribution >= 4 is 11.6 Å². The Morgan fingerprint density at radius 2 is 1.90 bits per heavy atom. The highest BCUT2D eigenvalue weighted by atomic mass is 16.1. The largest absolute Gasteiger partial charge is 0.382 e. The minimum atomic E-state index is 0.0615. The van der Waals surface area contributed by atoms with Gasteiger partial charge in [0.2, 0.25) is 0 Å². The minimum Gasteiger partial charge on any atom is -0.382 e. The van der Waals surface area contributed by atoms with Crippen LogP contribution in [0.15, 0.2) is 24.3 Å². The first-order valence-corrected chi connectivity index (χ1v) is 8.40. The molecule has 21 heavy (non-hydrogen) atoms. The Hall–Kier alpha value is -1.51. The summed E-state index contributed by atoms with van der Waals surface area (Å²) in [7, 11) is 0. The Kier molecular flexibility index (Phi) is 4.47. The van der Waals surface area contributed by atoms with Gasteiger partial charge in [0.1, 0.15) is 0 Å². The maximum Gasteiger partial charge on any atom is 0.251 e. The molecule has 1 unspecified atom stereocenters. The topological polar surface area (TPSA) is 41.1 Å². The van der Waals surface area contributed by atoms with Gasteiger partial charge < -0.3 is 10.6 Å². The molecule has 0 saturated heterocycles. The first kappa shape index (κ1) is 14.4. The van der Waals surface area contributed by atoms with Gasteiger partial charge in [-0.3, -0.25) is 4.79 Å². The van der Waals surface area contributed by atoms with E-state index in [1.165, 1.54) is 32.1 Å². The maximum absolute atomic E-state index is 12.1. The number of carbonyl (C=O) groups is 1. The third kappa shape index (κ3) is 3.99. The van der Waals surface area contributed by atoms with E-state index in [4.69, 9.17) is 0 Å². The second-order valence-electron chi connectivity index (χ2n) is 6.66. The van der Waals surface area contributed by atoms with E-state index >= 15 is 0 Å². The Morgan fingerprint density at radius 3 is 2.62 bits per heavy atom. The third-order valence-electron chi connectivity index (χ3n) is 4.79. The summed E-state index contributed by atoms with van der Waals surface area (Å²) in [6.45, 7) is 2.27. The second kappa shape index (κ2) is 6.50. The number of anilines is 1. The van der Waals surface area contributed by atoms with Gasteiger partial charge in [0.25, 0.3) is 5.91 Å². The zero-order chi connectivity index (χ0) is 14.7. The molecule has 2 N–H and O–H groups in total. The van der Waals surface area contributed by atoms with Crippen molar-refractivity contribution in [1.82, 2.24) is 5.32 Å². The van der Waals surface area contributed by atoms with E-state index in [1.807, 2.05) is 18.2 Å². The summed E-state index contributed by atoms with van der Waals surface area (Å²) in [6.07, 6.45) is 9.03. The molecule has 0 aromatic heterocycles. The fourth-order valence-electron chi connectivity index (χ4n) is 3.26. The second-order valence-corrected chi connectivity index (χ2v) is 6.66. The number of carbonyl (C=O) groups excluding carboxylic acids is 1. The molecule has 2 saturated carbocycles. The molecule has 3 heteroatoms. The lowest BCUT2D eigenvalue weighted by Crippen LogP contribution is -2.28. The fraction of sp³-hybridized carbons (Fsp3) is 0.611. The summed E-state index contributed by atoms with van der Waals surface area (Å²) in [6, 6.07) is 8.80. The van der Waals surface area contributed by atoms with Gasteiger partial charge >= 0.3 is 0 Å². The van der Waals surface area contributed by atoms with E-state index in [1.54, 1.807) is 0 Å². The molecular formula is C18H26N2O. The van der Waals surface area contributed by atoms with Gasteiger partial charge in [-0.15, -0.1) is 0 Å². The molecule has 1 amide bonds. The average Bonchev–Trinajstić information content (AvgIpc) is 3.32. The Labute approximate surface area is 127 Å². The molecule has 0 radical (unpaired) electrons. The highest BCUT2D eigenvalue weighted by molar-refractivity contribution is 5.95. The van der Waals surface area contributed by atoms with Crippen molar-refractivity contribution in [1.29, 1.82) is 0 Å². The van der Waals surface area contributed by atoms with E-state index < -0.39 is 0 Å². The molecular weight excluding hydrogens is 260 g/mol. The van der Waals surface area contributed by atoms with Crippen molar-refractivity contribution in [3.8, 4) is 0 Å². The molecule has 3 rings (SSSR count). The van der Waals surface area contributed by atoms with Crippen molar-refractivity contribution in [3.05, 3.63) is 29.8 Å².